The predicted octanol–water partition coefficient (Wildman–Crippen LogP) is 1.05. The molecule has 2 aromatic rings. The van der Waals surface area contributed by atoms with Gasteiger partial charge in [0.2, 0.25) is 10.0 Å². The van der Waals surface area contributed by atoms with Gasteiger partial charge in [-0.1, -0.05) is 11.3 Å². The summed E-state index contributed by atoms with van der Waals surface area (Å²) in [4.78, 5) is 14.3. The van der Waals surface area contributed by atoms with Crippen molar-refractivity contribution in [2.45, 2.75) is 31.2 Å². The van der Waals surface area contributed by atoms with Gasteiger partial charge in [0.15, 0.2) is 0 Å². The molecule has 0 bridgehead atoms. The van der Waals surface area contributed by atoms with E-state index in [9.17, 15) is 13.2 Å². The van der Waals surface area contributed by atoms with Crippen LogP contribution >= 0.6 is 0 Å². The first-order chi connectivity index (χ1) is 12.7. The lowest BCUT2D eigenvalue weighted by Crippen LogP contribution is -2.61. The molecule has 0 atom stereocenters. The first-order valence-electron chi connectivity index (χ1n) is 8.49. The lowest BCUT2D eigenvalue weighted by atomic mass is 10.0. The molecule has 0 radical (unpaired) electrons. The number of carbonyl (C=O) groups excluding carboxylic acids is 1. The summed E-state index contributed by atoms with van der Waals surface area (Å²) in [6.45, 7) is 6.18. The van der Waals surface area contributed by atoms with Gasteiger partial charge in [0.05, 0.1) is 13.3 Å². The zero-order chi connectivity index (χ0) is 19.8. The van der Waals surface area contributed by atoms with Crippen molar-refractivity contribution >= 4 is 15.9 Å². The number of hydrogen-bond donors (Lipinski definition) is 1. The molecule has 0 spiro atoms. The van der Waals surface area contributed by atoms with E-state index in [1.165, 1.54) is 17.6 Å². The van der Waals surface area contributed by atoms with Gasteiger partial charge in [0.25, 0.3) is 5.91 Å². The summed E-state index contributed by atoms with van der Waals surface area (Å²) in [6, 6.07) is 5.01. The van der Waals surface area contributed by atoms with E-state index in [1.54, 1.807) is 36.9 Å². The highest BCUT2D eigenvalue weighted by Gasteiger charge is 2.44. The maximum atomic E-state index is 13.3. The number of piperazine rings is 1. The minimum atomic E-state index is -3.79. The van der Waals surface area contributed by atoms with E-state index in [1.807, 2.05) is 6.92 Å². The maximum Gasteiger partial charge on any atom is 0.273 e. The van der Waals surface area contributed by atoms with Gasteiger partial charge in [-0.2, -0.15) is 4.31 Å². The van der Waals surface area contributed by atoms with Gasteiger partial charge in [-0.3, -0.25) is 9.89 Å². The van der Waals surface area contributed by atoms with Crippen molar-refractivity contribution in [3.05, 3.63) is 35.7 Å². The van der Waals surface area contributed by atoms with Crippen LogP contribution < -0.4 is 4.74 Å². The highest BCUT2D eigenvalue weighted by atomic mass is 32.2. The Morgan fingerprint density at radius 3 is 2.63 bits per heavy atom. The molecule has 3 rings (SSSR count). The van der Waals surface area contributed by atoms with Crippen molar-refractivity contribution in [3.8, 4) is 5.75 Å². The first-order valence-corrected chi connectivity index (χ1v) is 9.93. The van der Waals surface area contributed by atoms with Crippen LogP contribution in [0.3, 0.4) is 0 Å². The summed E-state index contributed by atoms with van der Waals surface area (Å²) >= 11 is 0. The van der Waals surface area contributed by atoms with E-state index in [4.69, 9.17) is 4.74 Å². The summed E-state index contributed by atoms with van der Waals surface area (Å²) in [5.74, 6) is 0.0610. The van der Waals surface area contributed by atoms with Gasteiger partial charge in [0, 0.05) is 25.2 Å². The molecular formula is C17H23N5O4S. The fourth-order valence-electron chi connectivity index (χ4n) is 3.34. The third-order valence-electron chi connectivity index (χ3n) is 4.65. The second-order valence-corrected chi connectivity index (χ2v) is 8.97. The molecule has 27 heavy (non-hydrogen) atoms. The Morgan fingerprint density at radius 2 is 2.04 bits per heavy atom. The Morgan fingerprint density at radius 1 is 1.30 bits per heavy atom. The second kappa shape index (κ2) is 6.93. The Balaban J connectivity index is 1.89. The number of nitrogens with zero attached hydrogens (tertiary/aromatic N) is 4. The average molecular weight is 393 g/mol. The number of carbonyl (C=O) groups is 1. The van der Waals surface area contributed by atoms with Crippen LogP contribution in [0.15, 0.2) is 29.3 Å². The molecular weight excluding hydrogens is 370 g/mol. The Labute approximate surface area is 158 Å². The SMILES string of the molecule is COc1cc(C)ccc1S(=O)(=O)N1CCN(C(=O)c2cnn[nH]2)CC1(C)C. The van der Waals surface area contributed by atoms with E-state index in [0.717, 1.165) is 5.56 Å². The van der Waals surface area contributed by atoms with Crippen LogP contribution in [0.1, 0.15) is 29.9 Å². The molecule has 1 aliphatic rings. The Bertz CT molecular complexity index is 940. The molecule has 9 nitrogen and oxygen atoms in total. The van der Waals surface area contributed by atoms with E-state index >= 15 is 0 Å². The number of hydrogen-bond acceptors (Lipinski definition) is 6. The maximum absolute atomic E-state index is 13.3. The third-order valence-corrected chi connectivity index (χ3v) is 6.80. The Hall–Kier alpha value is -2.46. The lowest BCUT2D eigenvalue weighted by Gasteiger charge is -2.45. The normalized spacial score (nSPS) is 17.7. The zero-order valence-corrected chi connectivity index (χ0v) is 16.6. The van der Waals surface area contributed by atoms with Crippen molar-refractivity contribution in [3.63, 3.8) is 0 Å². The molecule has 1 aromatic carbocycles. The minimum Gasteiger partial charge on any atom is -0.495 e. The van der Waals surface area contributed by atoms with Crippen LogP contribution in [0.4, 0.5) is 0 Å². The summed E-state index contributed by atoms with van der Waals surface area (Å²) in [7, 11) is -2.34. The molecule has 1 aromatic heterocycles. The number of aromatic nitrogens is 3. The number of aryl methyl sites for hydroxylation is 1. The van der Waals surface area contributed by atoms with Crippen molar-refractivity contribution in [1.29, 1.82) is 0 Å². The summed E-state index contributed by atoms with van der Waals surface area (Å²) in [5.41, 5.74) is 0.395. The van der Waals surface area contributed by atoms with Crippen LogP contribution in [-0.4, -0.2) is 71.2 Å². The number of rotatable bonds is 4. The molecule has 146 valence electrons. The third kappa shape index (κ3) is 3.54. The molecule has 10 heteroatoms. The van der Waals surface area contributed by atoms with Gasteiger partial charge in [-0.25, -0.2) is 8.42 Å². The standard InChI is InChI=1S/C17H23N5O4S/c1-12-5-6-15(14(9-12)26-4)27(24,25)22-8-7-21(11-17(22,2)3)16(23)13-10-18-20-19-13/h5-6,9-10H,7-8,11H2,1-4H3,(H,18,19,20). The molecule has 2 heterocycles. The van der Waals surface area contributed by atoms with Crippen LogP contribution in [0.5, 0.6) is 5.75 Å². The molecule has 1 amide bonds. The monoisotopic (exact) mass is 393 g/mol. The number of amides is 1. The van der Waals surface area contributed by atoms with Crippen LogP contribution in [0.25, 0.3) is 0 Å². The van der Waals surface area contributed by atoms with Crippen molar-refractivity contribution < 1.29 is 17.9 Å². The molecule has 1 saturated heterocycles. The summed E-state index contributed by atoms with van der Waals surface area (Å²) < 4.78 is 33.4. The smallest absolute Gasteiger partial charge is 0.273 e. The number of nitrogens with one attached hydrogen (secondary N) is 1. The fourth-order valence-corrected chi connectivity index (χ4v) is 5.24. The van der Waals surface area contributed by atoms with E-state index in [-0.39, 0.29) is 36.1 Å². The highest BCUT2D eigenvalue weighted by molar-refractivity contribution is 7.89. The molecule has 1 aliphatic heterocycles. The van der Waals surface area contributed by atoms with E-state index < -0.39 is 15.6 Å². The zero-order valence-electron chi connectivity index (χ0n) is 15.8. The topological polar surface area (TPSA) is 108 Å². The Kier molecular flexibility index (Phi) is 4.96. The van der Waals surface area contributed by atoms with Gasteiger partial charge in [0.1, 0.15) is 16.3 Å². The average Bonchev–Trinajstić information content (AvgIpc) is 3.14. The number of methoxy groups -OCH3 is 1. The van der Waals surface area contributed by atoms with E-state index in [2.05, 4.69) is 15.4 Å². The number of benzene rings is 1. The molecule has 0 aliphatic carbocycles. The van der Waals surface area contributed by atoms with Crippen LogP contribution in [0, 0.1) is 6.92 Å². The quantitative estimate of drug-likeness (QED) is 0.832. The van der Waals surface area contributed by atoms with Gasteiger partial charge >= 0.3 is 0 Å². The second-order valence-electron chi connectivity index (χ2n) is 7.14. The largest absolute Gasteiger partial charge is 0.495 e. The van der Waals surface area contributed by atoms with Gasteiger partial charge < -0.3 is 9.64 Å². The lowest BCUT2D eigenvalue weighted by molar-refractivity contribution is 0.0489. The highest BCUT2D eigenvalue weighted by Crippen LogP contribution is 2.33. The molecule has 1 N–H and O–H groups in total. The fraction of sp³-hybridized carbons (Fsp3) is 0.471. The minimum absolute atomic E-state index is 0.126. The van der Waals surface area contributed by atoms with E-state index in [0.29, 0.717) is 5.75 Å². The predicted molar refractivity (Wildman–Crippen MR) is 98.0 cm³/mol. The summed E-state index contributed by atoms with van der Waals surface area (Å²) in [6.07, 6.45) is 1.36. The van der Waals surface area contributed by atoms with Crippen molar-refractivity contribution in [1.82, 2.24) is 24.6 Å². The van der Waals surface area contributed by atoms with Crippen molar-refractivity contribution in [2.75, 3.05) is 26.7 Å². The molecule has 0 unspecified atom stereocenters. The first kappa shape index (κ1) is 19.3. The van der Waals surface area contributed by atoms with Crippen LogP contribution in [0.2, 0.25) is 0 Å². The van der Waals surface area contributed by atoms with Gasteiger partial charge in [-0.15, -0.1) is 5.10 Å². The van der Waals surface area contributed by atoms with Crippen molar-refractivity contribution in [2.24, 2.45) is 0 Å². The number of H-pyrrole nitrogens is 1. The number of aromatic amines is 1. The molecule has 0 saturated carbocycles. The van der Waals surface area contributed by atoms with Crippen LogP contribution in [-0.2, 0) is 10.0 Å². The summed E-state index contributed by atoms with van der Waals surface area (Å²) in [5, 5.41) is 9.72. The van der Waals surface area contributed by atoms with Gasteiger partial charge in [-0.05, 0) is 38.5 Å². The molecule has 1 fully saturated rings. The number of ether oxygens (including phenoxy) is 1. The number of sulfonamides is 1.